The van der Waals surface area contributed by atoms with Crippen molar-refractivity contribution in [2.24, 2.45) is 16.9 Å². The molecule has 1 aliphatic heterocycles. The summed E-state index contributed by atoms with van der Waals surface area (Å²) in [5, 5.41) is 25.8. The van der Waals surface area contributed by atoms with Gasteiger partial charge in [-0.15, -0.1) is 0 Å². The number of aromatic hydroxyl groups is 1. The van der Waals surface area contributed by atoms with E-state index in [9.17, 15) is 29.6 Å². The molecule has 0 radical (unpaired) electrons. The first-order valence-electron chi connectivity index (χ1n) is 13.4. The van der Waals surface area contributed by atoms with Crippen molar-refractivity contribution in [2.75, 3.05) is 4.90 Å². The molecule has 1 heterocycles. The molecule has 4 aliphatic rings. The van der Waals surface area contributed by atoms with Crippen molar-refractivity contribution in [2.45, 2.75) is 11.3 Å². The summed E-state index contributed by atoms with van der Waals surface area (Å²) < 4.78 is 0.593. The highest BCUT2D eigenvalue weighted by molar-refractivity contribution is 9.10. The lowest BCUT2D eigenvalue weighted by Crippen LogP contribution is -2.54. The summed E-state index contributed by atoms with van der Waals surface area (Å²) in [7, 11) is 0. The number of halogens is 1. The monoisotopic (exact) mass is 636 g/mol. The van der Waals surface area contributed by atoms with Gasteiger partial charge in [-0.2, -0.15) is 5.10 Å². The lowest BCUT2D eigenvalue weighted by Gasteiger charge is -2.52. The number of nitro groups is 1. The second-order valence-corrected chi connectivity index (χ2v) is 11.6. The van der Waals surface area contributed by atoms with Gasteiger partial charge in [-0.25, -0.2) is 10.3 Å². The average Bonchev–Trinajstić information content (AvgIpc) is 3.29. The van der Waals surface area contributed by atoms with Crippen LogP contribution < -0.4 is 10.3 Å². The fourth-order valence-electron chi connectivity index (χ4n) is 6.97. The van der Waals surface area contributed by atoms with E-state index in [1.807, 2.05) is 48.5 Å². The van der Waals surface area contributed by atoms with E-state index < -0.39 is 45.8 Å². The first-order chi connectivity index (χ1) is 20.7. The molecule has 0 saturated carbocycles. The number of imide groups is 1. The van der Waals surface area contributed by atoms with Gasteiger partial charge in [-0.1, -0.05) is 64.5 Å². The number of hydrazone groups is 1. The molecule has 2 atom stereocenters. The third kappa shape index (κ3) is 3.77. The molecule has 3 aliphatic carbocycles. The van der Waals surface area contributed by atoms with Gasteiger partial charge in [0.05, 0.1) is 33.4 Å². The van der Waals surface area contributed by atoms with E-state index in [4.69, 9.17) is 0 Å². The van der Waals surface area contributed by atoms with Crippen molar-refractivity contribution in [3.63, 3.8) is 0 Å². The highest BCUT2D eigenvalue weighted by atomic mass is 79.9. The van der Waals surface area contributed by atoms with Crippen LogP contribution in [0.3, 0.4) is 0 Å². The van der Waals surface area contributed by atoms with Gasteiger partial charge in [-0.3, -0.25) is 24.5 Å². The molecule has 0 unspecified atom stereocenters. The number of nitro benzene ring substituents is 1. The molecule has 8 rings (SSSR count). The zero-order valence-electron chi connectivity index (χ0n) is 22.2. The highest BCUT2D eigenvalue weighted by Crippen LogP contribution is 2.63. The number of benzene rings is 4. The SMILES string of the molecule is O=C(N/N=C\C12c3ccccc3C(c3ccccc31)[C@H]1C(=O)N(c3ccc([N+](=O)[O-])cc3)C(=O)[C@H]12)c1cc(Br)ccc1O. The second-order valence-electron chi connectivity index (χ2n) is 10.7. The maximum absolute atomic E-state index is 14.4. The summed E-state index contributed by atoms with van der Waals surface area (Å²) in [5.74, 6) is -3.82. The largest absolute Gasteiger partial charge is 0.507 e. The van der Waals surface area contributed by atoms with Gasteiger partial charge < -0.3 is 5.11 Å². The minimum absolute atomic E-state index is 0.00604. The summed E-state index contributed by atoms with van der Waals surface area (Å²) in [6, 6.07) is 25.0. The van der Waals surface area contributed by atoms with E-state index in [1.165, 1.54) is 42.6 Å². The number of carbonyl (C=O) groups excluding carboxylic acids is 3. The summed E-state index contributed by atoms with van der Waals surface area (Å²) in [5.41, 5.74) is 4.74. The molecule has 3 amide bonds. The first kappa shape index (κ1) is 26.7. The Labute approximate surface area is 252 Å². The van der Waals surface area contributed by atoms with E-state index in [0.717, 1.165) is 27.2 Å². The number of nitrogens with one attached hydrogen (secondary N) is 1. The quantitative estimate of drug-likeness (QED) is 0.136. The molecular weight excluding hydrogens is 616 g/mol. The van der Waals surface area contributed by atoms with Crippen LogP contribution in [-0.2, 0) is 15.0 Å². The fourth-order valence-corrected chi connectivity index (χ4v) is 7.33. The number of phenolic OH excluding ortho intramolecular Hbond substituents is 1. The predicted octanol–water partition coefficient (Wildman–Crippen LogP) is 5.03. The van der Waals surface area contributed by atoms with Gasteiger partial charge in [0, 0.05) is 28.7 Å². The Balaban J connectivity index is 1.38. The Morgan fingerprint density at radius 2 is 1.58 bits per heavy atom. The van der Waals surface area contributed by atoms with E-state index in [1.54, 1.807) is 6.07 Å². The van der Waals surface area contributed by atoms with Crippen molar-refractivity contribution in [1.82, 2.24) is 5.43 Å². The summed E-state index contributed by atoms with van der Waals surface area (Å²) in [4.78, 5) is 53.4. The van der Waals surface area contributed by atoms with Crippen LogP contribution in [0.1, 0.15) is 38.5 Å². The van der Waals surface area contributed by atoms with Crippen molar-refractivity contribution in [1.29, 1.82) is 0 Å². The molecule has 2 bridgehead atoms. The third-order valence-corrected chi connectivity index (χ3v) is 9.13. The Morgan fingerprint density at radius 3 is 2.21 bits per heavy atom. The van der Waals surface area contributed by atoms with Crippen LogP contribution in [0.25, 0.3) is 0 Å². The Morgan fingerprint density at radius 1 is 0.953 bits per heavy atom. The van der Waals surface area contributed by atoms with Crippen molar-refractivity contribution in [3.05, 3.63) is 133 Å². The third-order valence-electron chi connectivity index (χ3n) is 8.64. The van der Waals surface area contributed by atoms with Gasteiger partial charge >= 0.3 is 0 Å². The molecule has 2 N–H and O–H groups in total. The van der Waals surface area contributed by atoms with Crippen molar-refractivity contribution >= 4 is 51.2 Å². The Kier molecular flexibility index (Phi) is 6.03. The molecular formula is C32H21BrN4O6. The molecule has 1 saturated heterocycles. The van der Waals surface area contributed by atoms with Crippen LogP contribution in [0.4, 0.5) is 11.4 Å². The topological polar surface area (TPSA) is 142 Å². The Hall–Kier alpha value is -5.16. The number of nitrogens with zero attached hydrogens (tertiary/aromatic N) is 3. The Bertz CT molecular complexity index is 1860. The molecule has 43 heavy (non-hydrogen) atoms. The standard InChI is InChI=1S/C32H21BrN4O6/c33-17-9-14-25(38)22(15-17)29(39)35-34-16-32-23-7-3-1-5-20(23)26(21-6-2-4-8-24(21)32)27-28(32)31(41)36(30(27)40)18-10-12-19(13-11-18)37(42)43/h1-16,26-28,38H,(H,35,39)/b34-16-/t26?,27-,28+,32?/m1/s1. The average molecular weight is 637 g/mol. The predicted molar refractivity (Wildman–Crippen MR) is 160 cm³/mol. The number of hydrogen-bond acceptors (Lipinski definition) is 7. The minimum Gasteiger partial charge on any atom is -0.507 e. The smallest absolute Gasteiger partial charge is 0.275 e. The summed E-state index contributed by atoms with van der Waals surface area (Å²) in [6.45, 7) is 0. The fraction of sp³-hybridized carbons (Fsp3) is 0.125. The molecule has 0 aromatic heterocycles. The molecule has 212 valence electrons. The zero-order valence-corrected chi connectivity index (χ0v) is 23.8. The van der Waals surface area contributed by atoms with Crippen molar-refractivity contribution in [3.8, 4) is 5.75 Å². The van der Waals surface area contributed by atoms with E-state index in [2.05, 4.69) is 26.5 Å². The number of rotatable bonds is 5. The normalized spacial score (nSPS) is 23.2. The lowest BCUT2D eigenvalue weighted by atomic mass is 9.47. The minimum atomic E-state index is -1.22. The first-order valence-corrected chi connectivity index (χ1v) is 14.2. The molecule has 10 nitrogen and oxygen atoms in total. The number of hydrogen-bond donors (Lipinski definition) is 2. The number of amides is 3. The van der Waals surface area contributed by atoms with Gasteiger partial charge in [0.15, 0.2) is 0 Å². The van der Waals surface area contributed by atoms with Gasteiger partial charge in [0.25, 0.3) is 11.6 Å². The van der Waals surface area contributed by atoms with Crippen LogP contribution in [0.2, 0.25) is 0 Å². The molecule has 4 aromatic rings. The van der Waals surface area contributed by atoms with Crippen LogP contribution in [-0.4, -0.2) is 34.0 Å². The van der Waals surface area contributed by atoms with Crippen LogP contribution in [0, 0.1) is 22.0 Å². The van der Waals surface area contributed by atoms with E-state index in [0.29, 0.717) is 4.47 Å². The number of anilines is 1. The van der Waals surface area contributed by atoms with Gasteiger partial charge in [0.2, 0.25) is 11.8 Å². The van der Waals surface area contributed by atoms with Crippen LogP contribution in [0.15, 0.2) is 101 Å². The highest BCUT2D eigenvalue weighted by Gasteiger charge is 2.68. The van der Waals surface area contributed by atoms with Crippen LogP contribution in [0.5, 0.6) is 5.75 Å². The maximum atomic E-state index is 14.4. The van der Waals surface area contributed by atoms with Gasteiger partial charge in [-0.05, 0) is 52.6 Å². The second kappa shape index (κ2) is 9.70. The van der Waals surface area contributed by atoms with Crippen LogP contribution >= 0.6 is 15.9 Å². The van der Waals surface area contributed by atoms with Crippen molar-refractivity contribution < 1.29 is 24.4 Å². The van der Waals surface area contributed by atoms with E-state index in [-0.39, 0.29) is 22.7 Å². The number of phenols is 1. The van der Waals surface area contributed by atoms with E-state index >= 15 is 0 Å². The zero-order chi connectivity index (χ0) is 30.0. The summed E-state index contributed by atoms with van der Waals surface area (Å²) >= 11 is 3.30. The number of carbonyl (C=O) groups is 3. The molecule has 11 heteroatoms. The molecule has 1 fully saturated rings. The molecule has 0 spiro atoms. The maximum Gasteiger partial charge on any atom is 0.275 e. The van der Waals surface area contributed by atoms with Gasteiger partial charge in [0.1, 0.15) is 5.75 Å². The number of non-ortho nitro benzene ring substituents is 1. The molecule has 4 aromatic carbocycles. The summed E-state index contributed by atoms with van der Waals surface area (Å²) in [6.07, 6.45) is 1.52. The lowest BCUT2D eigenvalue weighted by molar-refractivity contribution is -0.384.